The van der Waals surface area contributed by atoms with Crippen molar-refractivity contribution in [1.29, 1.82) is 0 Å². The molecule has 0 aliphatic rings. The van der Waals surface area contributed by atoms with Gasteiger partial charge in [0.25, 0.3) is 0 Å². The highest BCUT2D eigenvalue weighted by Gasteiger charge is 2.11. The van der Waals surface area contributed by atoms with Gasteiger partial charge in [-0.3, -0.25) is 0 Å². The molecule has 0 radical (unpaired) electrons. The van der Waals surface area contributed by atoms with Crippen LogP contribution in [0.2, 0.25) is 5.02 Å². The first kappa shape index (κ1) is 14.2. The Morgan fingerprint density at radius 2 is 2.06 bits per heavy atom. The predicted molar refractivity (Wildman–Crippen MR) is 70.3 cm³/mol. The summed E-state index contributed by atoms with van der Waals surface area (Å²) in [5.41, 5.74) is 0. The quantitative estimate of drug-likeness (QED) is 0.783. The Morgan fingerprint density at radius 3 is 2.59 bits per heavy atom. The van der Waals surface area contributed by atoms with Gasteiger partial charge in [0.2, 0.25) is 0 Å². The van der Waals surface area contributed by atoms with Crippen molar-refractivity contribution in [3.63, 3.8) is 0 Å². The molecule has 0 fully saturated rings. The SMILES string of the molecule is CCN(CCCN(C)C)c1ncc(Cl)cc1F. The molecule has 5 heteroatoms. The minimum absolute atomic E-state index is 0.329. The number of anilines is 1. The molecule has 0 bridgehead atoms. The van der Waals surface area contributed by atoms with Crippen LogP contribution in [0.3, 0.4) is 0 Å². The van der Waals surface area contributed by atoms with E-state index in [1.165, 1.54) is 12.3 Å². The molecule has 0 aromatic carbocycles. The number of aromatic nitrogens is 1. The molecule has 1 aromatic rings. The summed E-state index contributed by atoms with van der Waals surface area (Å²) in [5, 5.41) is 0.329. The summed E-state index contributed by atoms with van der Waals surface area (Å²) in [6, 6.07) is 1.30. The highest BCUT2D eigenvalue weighted by atomic mass is 35.5. The Morgan fingerprint density at radius 1 is 1.35 bits per heavy atom. The van der Waals surface area contributed by atoms with E-state index in [0.717, 1.165) is 26.1 Å². The van der Waals surface area contributed by atoms with E-state index < -0.39 is 0 Å². The summed E-state index contributed by atoms with van der Waals surface area (Å²) in [4.78, 5) is 8.09. The second kappa shape index (κ2) is 6.77. The van der Waals surface area contributed by atoms with E-state index in [-0.39, 0.29) is 5.82 Å². The van der Waals surface area contributed by atoms with Gasteiger partial charge in [0.05, 0.1) is 5.02 Å². The molecule has 0 unspecified atom stereocenters. The number of rotatable bonds is 6. The zero-order valence-electron chi connectivity index (χ0n) is 10.6. The van der Waals surface area contributed by atoms with Crippen LogP contribution in [-0.4, -0.2) is 43.6 Å². The van der Waals surface area contributed by atoms with Gasteiger partial charge < -0.3 is 9.80 Å². The zero-order valence-corrected chi connectivity index (χ0v) is 11.3. The molecule has 0 saturated carbocycles. The van der Waals surface area contributed by atoms with Gasteiger partial charge in [-0.15, -0.1) is 0 Å². The van der Waals surface area contributed by atoms with Crippen LogP contribution >= 0.6 is 11.6 Å². The van der Waals surface area contributed by atoms with Crippen LogP contribution in [0, 0.1) is 5.82 Å². The highest BCUT2D eigenvalue weighted by molar-refractivity contribution is 6.30. The third-order valence-corrected chi connectivity index (χ3v) is 2.71. The van der Waals surface area contributed by atoms with Crippen LogP contribution < -0.4 is 4.90 Å². The Hall–Kier alpha value is -0.870. The number of halogens is 2. The Bertz CT molecular complexity index is 358. The molecular formula is C12H19ClFN3. The molecule has 0 aliphatic carbocycles. The molecule has 17 heavy (non-hydrogen) atoms. The number of pyridine rings is 1. The maximum absolute atomic E-state index is 13.7. The highest BCUT2D eigenvalue weighted by Crippen LogP contribution is 2.19. The first-order chi connectivity index (χ1) is 8.04. The number of hydrogen-bond acceptors (Lipinski definition) is 3. The lowest BCUT2D eigenvalue weighted by atomic mass is 10.3. The lowest BCUT2D eigenvalue weighted by Crippen LogP contribution is -2.28. The van der Waals surface area contributed by atoms with E-state index in [1.54, 1.807) is 0 Å². The van der Waals surface area contributed by atoms with Gasteiger partial charge in [0.1, 0.15) is 0 Å². The lowest BCUT2D eigenvalue weighted by Gasteiger charge is -2.23. The Balaban J connectivity index is 2.66. The second-order valence-electron chi connectivity index (χ2n) is 4.20. The third-order valence-electron chi connectivity index (χ3n) is 2.50. The Labute approximate surface area is 107 Å². The average molecular weight is 260 g/mol. The van der Waals surface area contributed by atoms with Crippen molar-refractivity contribution >= 4 is 17.4 Å². The maximum atomic E-state index is 13.7. The largest absolute Gasteiger partial charge is 0.354 e. The third kappa shape index (κ3) is 4.48. The molecule has 0 aliphatic heterocycles. The van der Waals surface area contributed by atoms with Crippen molar-refractivity contribution in [3.05, 3.63) is 23.1 Å². The molecular weight excluding hydrogens is 241 g/mol. The molecule has 1 heterocycles. The first-order valence-electron chi connectivity index (χ1n) is 5.75. The van der Waals surface area contributed by atoms with Crippen molar-refractivity contribution in [2.24, 2.45) is 0 Å². The van der Waals surface area contributed by atoms with E-state index in [1.807, 2.05) is 25.9 Å². The van der Waals surface area contributed by atoms with Crippen molar-refractivity contribution in [1.82, 2.24) is 9.88 Å². The van der Waals surface area contributed by atoms with E-state index in [0.29, 0.717) is 10.8 Å². The van der Waals surface area contributed by atoms with Crippen LogP contribution in [0.25, 0.3) is 0 Å². The fourth-order valence-corrected chi connectivity index (χ4v) is 1.78. The summed E-state index contributed by atoms with van der Waals surface area (Å²) >= 11 is 5.68. The first-order valence-corrected chi connectivity index (χ1v) is 6.13. The van der Waals surface area contributed by atoms with Crippen LogP contribution in [0.15, 0.2) is 12.3 Å². The number of hydrogen-bond donors (Lipinski definition) is 0. The average Bonchev–Trinajstić information content (AvgIpc) is 2.25. The van der Waals surface area contributed by atoms with Gasteiger partial charge in [0.15, 0.2) is 11.6 Å². The van der Waals surface area contributed by atoms with E-state index >= 15 is 0 Å². The van der Waals surface area contributed by atoms with E-state index in [4.69, 9.17) is 11.6 Å². The minimum Gasteiger partial charge on any atom is -0.354 e. The Kier molecular flexibility index (Phi) is 5.65. The van der Waals surface area contributed by atoms with Crippen LogP contribution in [0.5, 0.6) is 0 Å². The van der Waals surface area contributed by atoms with Crippen molar-refractivity contribution in [2.75, 3.05) is 38.6 Å². The molecule has 3 nitrogen and oxygen atoms in total. The zero-order chi connectivity index (χ0) is 12.8. The van der Waals surface area contributed by atoms with Gasteiger partial charge >= 0.3 is 0 Å². The van der Waals surface area contributed by atoms with Crippen molar-refractivity contribution < 1.29 is 4.39 Å². The standard InChI is InChI=1S/C12H19ClFN3/c1-4-17(7-5-6-16(2)3)12-11(14)8-10(13)9-15-12/h8-9H,4-7H2,1-3H3. The molecule has 96 valence electrons. The van der Waals surface area contributed by atoms with Crippen LogP contribution in [0.1, 0.15) is 13.3 Å². The summed E-state index contributed by atoms with van der Waals surface area (Å²) in [6.45, 7) is 4.50. The molecule has 0 spiro atoms. The molecule has 0 amide bonds. The fourth-order valence-electron chi connectivity index (χ4n) is 1.63. The molecule has 0 saturated heterocycles. The summed E-state index contributed by atoms with van der Waals surface area (Å²) in [6.07, 6.45) is 2.46. The number of nitrogens with zero attached hydrogens (tertiary/aromatic N) is 3. The van der Waals surface area contributed by atoms with Gasteiger partial charge in [-0.25, -0.2) is 9.37 Å². The van der Waals surface area contributed by atoms with Gasteiger partial charge in [-0.05, 0) is 40.1 Å². The monoisotopic (exact) mass is 259 g/mol. The normalized spacial score (nSPS) is 10.9. The molecule has 1 aromatic heterocycles. The topological polar surface area (TPSA) is 19.4 Å². The smallest absolute Gasteiger partial charge is 0.167 e. The summed E-state index contributed by atoms with van der Waals surface area (Å²) < 4.78 is 13.7. The van der Waals surface area contributed by atoms with Crippen molar-refractivity contribution in [2.45, 2.75) is 13.3 Å². The summed E-state index contributed by atoms with van der Waals surface area (Å²) in [7, 11) is 4.05. The van der Waals surface area contributed by atoms with Gasteiger partial charge in [-0.1, -0.05) is 11.6 Å². The van der Waals surface area contributed by atoms with Crippen LogP contribution in [0.4, 0.5) is 10.2 Å². The minimum atomic E-state index is -0.357. The fraction of sp³-hybridized carbons (Fsp3) is 0.583. The predicted octanol–water partition coefficient (Wildman–Crippen LogP) is 2.65. The lowest BCUT2D eigenvalue weighted by molar-refractivity contribution is 0.400. The molecule has 0 atom stereocenters. The van der Waals surface area contributed by atoms with Gasteiger partial charge in [0, 0.05) is 19.3 Å². The molecule has 1 rings (SSSR count). The maximum Gasteiger partial charge on any atom is 0.167 e. The van der Waals surface area contributed by atoms with E-state index in [9.17, 15) is 4.39 Å². The van der Waals surface area contributed by atoms with Crippen molar-refractivity contribution in [3.8, 4) is 0 Å². The van der Waals surface area contributed by atoms with Gasteiger partial charge in [-0.2, -0.15) is 0 Å². The van der Waals surface area contributed by atoms with Crippen LogP contribution in [-0.2, 0) is 0 Å². The second-order valence-corrected chi connectivity index (χ2v) is 4.63. The summed E-state index contributed by atoms with van der Waals surface area (Å²) in [5.74, 6) is 0.0276. The van der Waals surface area contributed by atoms with E-state index in [2.05, 4.69) is 9.88 Å². The molecule has 0 N–H and O–H groups in total.